The third kappa shape index (κ3) is 5.62. The Morgan fingerprint density at radius 3 is 2.26 bits per heavy atom. The number of carbonyl (C=O) groups is 2. The summed E-state index contributed by atoms with van der Waals surface area (Å²) in [5, 5.41) is 2.94. The van der Waals surface area contributed by atoms with Gasteiger partial charge in [0.2, 0.25) is 11.8 Å². The molecule has 0 saturated heterocycles. The molecule has 1 atom stereocenters. The summed E-state index contributed by atoms with van der Waals surface area (Å²) in [6.07, 6.45) is 7.83. The molecule has 1 unspecified atom stereocenters. The Labute approximate surface area is 116 Å². The molecule has 1 fully saturated rings. The Morgan fingerprint density at radius 1 is 1.21 bits per heavy atom. The van der Waals surface area contributed by atoms with Crippen molar-refractivity contribution in [2.75, 3.05) is 6.54 Å². The minimum atomic E-state index is -0.0335. The van der Waals surface area contributed by atoms with Crippen LogP contribution in [0.2, 0.25) is 0 Å². The van der Waals surface area contributed by atoms with Gasteiger partial charge in [-0.05, 0) is 26.2 Å². The van der Waals surface area contributed by atoms with Crippen molar-refractivity contribution in [1.82, 2.24) is 10.2 Å². The van der Waals surface area contributed by atoms with Gasteiger partial charge in [-0.25, -0.2) is 0 Å². The SMILES string of the molecule is CCC(C)NC(=O)CN(C(C)=O)C1CCCCCC1. The molecule has 4 heteroatoms. The number of nitrogens with zero attached hydrogens (tertiary/aromatic N) is 1. The fourth-order valence-corrected chi connectivity index (χ4v) is 2.64. The van der Waals surface area contributed by atoms with E-state index in [-0.39, 0.29) is 30.4 Å². The van der Waals surface area contributed by atoms with Crippen molar-refractivity contribution in [1.29, 1.82) is 0 Å². The zero-order valence-corrected chi connectivity index (χ0v) is 12.6. The van der Waals surface area contributed by atoms with Crippen molar-refractivity contribution < 1.29 is 9.59 Å². The first-order valence-corrected chi connectivity index (χ1v) is 7.61. The van der Waals surface area contributed by atoms with E-state index in [9.17, 15) is 9.59 Å². The highest BCUT2D eigenvalue weighted by Gasteiger charge is 2.24. The number of nitrogens with one attached hydrogen (secondary N) is 1. The summed E-state index contributed by atoms with van der Waals surface area (Å²) < 4.78 is 0. The van der Waals surface area contributed by atoms with Gasteiger partial charge in [0, 0.05) is 19.0 Å². The number of amides is 2. The molecular weight excluding hydrogens is 240 g/mol. The van der Waals surface area contributed by atoms with Gasteiger partial charge < -0.3 is 10.2 Å². The Morgan fingerprint density at radius 2 is 1.79 bits per heavy atom. The first-order chi connectivity index (χ1) is 9.04. The molecule has 0 aromatic heterocycles. The zero-order valence-electron chi connectivity index (χ0n) is 12.6. The van der Waals surface area contributed by atoms with E-state index in [4.69, 9.17) is 0 Å². The lowest BCUT2D eigenvalue weighted by Crippen LogP contribution is -2.47. The minimum absolute atomic E-state index is 0.0196. The van der Waals surface area contributed by atoms with Crippen molar-refractivity contribution in [3.05, 3.63) is 0 Å². The summed E-state index contributed by atoms with van der Waals surface area (Å²) in [5.41, 5.74) is 0. The molecule has 0 aromatic rings. The molecule has 0 heterocycles. The minimum Gasteiger partial charge on any atom is -0.352 e. The summed E-state index contributed by atoms with van der Waals surface area (Å²) in [7, 11) is 0. The maximum absolute atomic E-state index is 12.0. The van der Waals surface area contributed by atoms with Gasteiger partial charge >= 0.3 is 0 Å². The van der Waals surface area contributed by atoms with E-state index in [2.05, 4.69) is 5.32 Å². The zero-order chi connectivity index (χ0) is 14.3. The molecule has 1 saturated carbocycles. The third-order valence-electron chi connectivity index (χ3n) is 4.00. The van der Waals surface area contributed by atoms with Gasteiger partial charge in [-0.2, -0.15) is 0 Å². The highest BCUT2D eigenvalue weighted by molar-refractivity contribution is 5.84. The number of rotatable bonds is 5. The molecule has 0 bridgehead atoms. The molecule has 1 aliphatic rings. The van der Waals surface area contributed by atoms with Crippen LogP contribution in [-0.4, -0.2) is 35.3 Å². The molecule has 1 rings (SSSR count). The van der Waals surface area contributed by atoms with Gasteiger partial charge in [0.15, 0.2) is 0 Å². The van der Waals surface area contributed by atoms with Gasteiger partial charge in [-0.3, -0.25) is 9.59 Å². The summed E-state index contributed by atoms with van der Waals surface area (Å²) in [6, 6.07) is 0.429. The van der Waals surface area contributed by atoms with Crippen LogP contribution in [-0.2, 0) is 9.59 Å². The van der Waals surface area contributed by atoms with E-state index < -0.39 is 0 Å². The van der Waals surface area contributed by atoms with Crippen LogP contribution in [0.15, 0.2) is 0 Å². The first kappa shape index (κ1) is 16.0. The maximum atomic E-state index is 12.0. The summed E-state index contributed by atoms with van der Waals surface area (Å²) in [5.74, 6) is -0.0139. The smallest absolute Gasteiger partial charge is 0.239 e. The standard InChI is InChI=1S/C15H28N2O2/c1-4-12(2)16-15(19)11-17(13(3)18)14-9-7-5-6-8-10-14/h12,14H,4-11H2,1-3H3,(H,16,19). The quantitative estimate of drug-likeness (QED) is 0.779. The molecule has 2 amide bonds. The van der Waals surface area contributed by atoms with Crippen molar-refractivity contribution in [2.45, 2.75) is 77.8 Å². The largest absolute Gasteiger partial charge is 0.352 e. The number of carbonyl (C=O) groups excluding carboxylic acids is 2. The van der Waals surface area contributed by atoms with Gasteiger partial charge in [0.25, 0.3) is 0 Å². The number of hydrogen-bond acceptors (Lipinski definition) is 2. The fourth-order valence-electron chi connectivity index (χ4n) is 2.64. The van der Waals surface area contributed by atoms with Gasteiger partial charge in [-0.15, -0.1) is 0 Å². The van der Waals surface area contributed by atoms with Gasteiger partial charge in [0.1, 0.15) is 0 Å². The Balaban J connectivity index is 2.56. The fraction of sp³-hybridized carbons (Fsp3) is 0.867. The molecule has 0 aliphatic heterocycles. The highest BCUT2D eigenvalue weighted by atomic mass is 16.2. The van der Waals surface area contributed by atoms with Gasteiger partial charge in [-0.1, -0.05) is 32.6 Å². The van der Waals surface area contributed by atoms with Crippen LogP contribution < -0.4 is 5.32 Å². The molecule has 0 spiro atoms. The lowest BCUT2D eigenvalue weighted by Gasteiger charge is -2.30. The van der Waals surface area contributed by atoms with E-state index in [1.54, 1.807) is 11.8 Å². The lowest BCUT2D eigenvalue weighted by molar-refractivity contribution is -0.137. The molecule has 0 radical (unpaired) electrons. The van der Waals surface area contributed by atoms with Crippen molar-refractivity contribution in [3.63, 3.8) is 0 Å². The maximum Gasteiger partial charge on any atom is 0.239 e. The van der Waals surface area contributed by atoms with Crippen molar-refractivity contribution in [2.24, 2.45) is 0 Å². The van der Waals surface area contributed by atoms with E-state index in [1.807, 2.05) is 13.8 Å². The summed E-state index contributed by atoms with van der Waals surface area (Å²) in [6.45, 7) is 5.81. The van der Waals surface area contributed by atoms with E-state index in [0.717, 1.165) is 19.3 Å². The van der Waals surface area contributed by atoms with Crippen LogP contribution in [0.3, 0.4) is 0 Å². The number of hydrogen-bond donors (Lipinski definition) is 1. The molecule has 0 aromatic carbocycles. The second-order valence-electron chi connectivity index (χ2n) is 5.67. The monoisotopic (exact) mass is 268 g/mol. The average Bonchev–Trinajstić information content (AvgIpc) is 2.64. The van der Waals surface area contributed by atoms with Crippen LogP contribution in [0, 0.1) is 0 Å². The van der Waals surface area contributed by atoms with Crippen LogP contribution in [0.1, 0.15) is 65.7 Å². The molecule has 19 heavy (non-hydrogen) atoms. The van der Waals surface area contributed by atoms with E-state index >= 15 is 0 Å². The van der Waals surface area contributed by atoms with E-state index in [0.29, 0.717) is 0 Å². The summed E-state index contributed by atoms with van der Waals surface area (Å²) in [4.78, 5) is 25.5. The predicted octanol–water partition coefficient (Wildman–Crippen LogP) is 2.47. The van der Waals surface area contributed by atoms with Crippen LogP contribution in [0.4, 0.5) is 0 Å². The second-order valence-corrected chi connectivity index (χ2v) is 5.67. The van der Waals surface area contributed by atoms with Crippen molar-refractivity contribution >= 4 is 11.8 Å². The lowest BCUT2D eigenvalue weighted by atomic mass is 10.1. The second kappa shape index (κ2) is 8.18. The van der Waals surface area contributed by atoms with Crippen LogP contribution >= 0.6 is 0 Å². The average molecular weight is 268 g/mol. The third-order valence-corrected chi connectivity index (χ3v) is 4.00. The summed E-state index contributed by atoms with van der Waals surface area (Å²) >= 11 is 0. The molecule has 1 N–H and O–H groups in total. The Bertz CT molecular complexity index is 297. The normalized spacial score (nSPS) is 18.5. The van der Waals surface area contributed by atoms with Crippen LogP contribution in [0.5, 0.6) is 0 Å². The molecule has 110 valence electrons. The molecular formula is C15H28N2O2. The highest BCUT2D eigenvalue weighted by Crippen LogP contribution is 2.21. The molecule has 4 nitrogen and oxygen atoms in total. The van der Waals surface area contributed by atoms with E-state index in [1.165, 1.54) is 25.7 Å². The predicted molar refractivity (Wildman–Crippen MR) is 76.8 cm³/mol. The van der Waals surface area contributed by atoms with Gasteiger partial charge in [0.05, 0.1) is 6.54 Å². The van der Waals surface area contributed by atoms with Crippen molar-refractivity contribution in [3.8, 4) is 0 Å². The van der Waals surface area contributed by atoms with Crippen LogP contribution in [0.25, 0.3) is 0 Å². The first-order valence-electron chi connectivity index (χ1n) is 7.61. The topological polar surface area (TPSA) is 49.4 Å². The Kier molecular flexibility index (Phi) is 6.89. The molecule has 1 aliphatic carbocycles. The Hall–Kier alpha value is -1.06.